The molecule has 1 N–H and O–H groups in total. The van der Waals surface area contributed by atoms with Crippen molar-refractivity contribution in [1.82, 2.24) is 9.80 Å². The molecule has 0 fully saturated rings. The lowest BCUT2D eigenvalue weighted by atomic mass is 10.1. The second-order valence-electron chi connectivity index (χ2n) is 4.63. The van der Waals surface area contributed by atoms with Crippen LogP contribution in [0.1, 0.15) is 16.8 Å². The molecule has 19 heavy (non-hydrogen) atoms. The van der Waals surface area contributed by atoms with Crippen LogP contribution in [0, 0.1) is 0 Å². The number of rotatable bonds is 3. The minimum atomic E-state index is -0.0344. The van der Waals surface area contributed by atoms with E-state index in [9.17, 15) is 9.59 Å². The van der Waals surface area contributed by atoms with Gasteiger partial charge in [-0.1, -0.05) is 15.9 Å². The normalized spacial score (nSPS) is 13.8. The van der Waals surface area contributed by atoms with Crippen molar-refractivity contribution in [2.24, 2.45) is 0 Å². The summed E-state index contributed by atoms with van der Waals surface area (Å²) in [5.41, 5.74) is 1.47. The molecule has 1 aromatic carbocycles. The van der Waals surface area contributed by atoms with E-state index in [1.54, 1.807) is 25.1 Å². The highest BCUT2D eigenvalue weighted by Crippen LogP contribution is 2.25. The fourth-order valence-electron chi connectivity index (χ4n) is 1.91. The average Bonchev–Trinajstić information content (AvgIpc) is 2.37. The summed E-state index contributed by atoms with van der Waals surface area (Å²) in [6.07, 6.45) is 0.340. The van der Waals surface area contributed by atoms with E-state index in [2.05, 4.69) is 21.2 Å². The largest absolute Gasteiger partial charge is 0.367 e. The summed E-state index contributed by atoms with van der Waals surface area (Å²) in [5, 5.41) is 3.19. The van der Waals surface area contributed by atoms with Gasteiger partial charge in [0.15, 0.2) is 0 Å². The van der Waals surface area contributed by atoms with E-state index in [0.29, 0.717) is 25.2 Å². The van der Waals surface area contributed by atoms with Crippen LogP contribution in [0.4, 0.5) is 5.69 Å². The predicted octanol–water partition coefficient (Wildman–Crippen LogP) is 1.75. The number of halogens is 1. The molecule has 0 aliphatic carbocycles. The Hall–Kier alpha value is -1.56. The van der Waals surface area contributed by atoms with E-state index in [1.165, 1.54) is 4.90 Å². The van der Waals surface area contributed by atoms with Gasteiger partial charge in [-0.25, -0.2) is 0 Å². The highest BCUT2D eigenvalue weighted by Gasteiger charge is 2.24. The highest BCUT2D eigenvalue weighted by atomic mass is 79.9. The maximum atomic E-state index is 12.3. The summed E-state index contributed by atoms with van der Waals surface area (Å²) < 4.78 is 0.933. The number of fused-ring (bicyclic) bond motifs is 1. The van der Waals surface area contributed by atoms with Crippen LogP contribution in [0.3, 0.4) is 0 Å². The molecule has 0 aromatic heterocycles. The van der Waals surface area contributed by atoms with Crippen LogP contribution in [-0.4, -0.2) is 48.9 Å². The van der Waals surface area contributed by atoms with Crippen LogP contribution in [0.25, 0.3) is 0 Å². The molecule has 5 nitrogen and oxygen atoms in total. The summed E-state index contributed by atoms with van der Waals surface area (Å²) in [4.78, 5) is 27.0. The van der Waals surface area contributed by atoms with E-state index in [1.807, 2.05) is 12.1 Å². The molecular formula is C13H16BrN3O2. The molecule has 0 bridgehead atoms. The number of carbonyl (C=O) groups excluding carboxylic acids is 2. The molecule has 2 rings (SSSR count). The molecule has 102 valence electrons. The zero-order valence-corrected chi connectivity index (χ0v) is 12.5. The van der Waals surface area contributed by atoms with Crippen LogP contribution >= 0.6 is 15.9 Å². The van der Waals surface area contributed by atoms with Gasteiger partial charge in [0, 0.05) is 37.2 Å². The van der Waals surface area contributed by atoms with Crippen LogP contribution in [0.15, 0.2) is 22.7 Å². The SMILES string of the molecule is CN(C)C(=O)CCN1CNc2cc(Br)ccc2C1=O. The first-order valence-electron chi connectivity index (χ1n) is 6.02. The van der Waals surface area contributed by atoms with Crippen molar-refractivity contribution in [3.63, 3.8) is 0 Å². The monoisotopic (exact) mass is 325 g/mol. The minimum Gasteiger partial charge on any atom is -0.367 e. The van der Waals surface area contributed by atoms with Crippen LogP contribution in [0.2, 0.25) is 0 Å². The minimum absolute atomic E-state index is 0.0226. The zero-order chi connectivity index (χ0) is 14.0. The first-order valence-corrected chi connectivity index (χ1v) is 6.81. The van der Waals surface area contributed by atoms with Gasteiger partial charge in [0.1, 0.15) is 0 Å². The van der Waals surface area contributed by atoms with Crippen LogP contribution in [0.5, 0.6) is 0 Å². The number of benzene rings is 1. The van der Waals surface area contributed by atoms with E-state index < -0.39 is 0 Å². The molecule has 0 radical (unpaired) electrons. The Labute approximate surface area is 120 Å². The van der Waals surface area contributed by atoms with Gasteiger partial charge >= 0.3 is 0 Å². The molecule has 2 amide bonds. The molecule has 1 aliphatic heterocycles. The Morgan fingerprint density at radius 2 is 2.21 bits per heavy atom. The molecular weight excluding hydrogens is 310 g/mol. The second-order valence-corrected chi connectivity index (χ2v) is 5.55. The number of hydrogen-bond acceptors (Lipinski definition) is 3. The Balaban J connectivity index is 2.05. The van der Waals surface area contributed by atoms with Crippen molar-refractivity contribution >= 4 is 33.4 Å². The summed E-state index contributed by atoms with van der Waals surface area (Å²) in [5.74, 6) is -0.0118. The molecule has 0 spiro atoms. The van der Waals surface area contributed by atoms with Gasteiger partial charge in [0.2, 0.25) is 5.91 Å². The topological polar surface area (TPSA) is 52.7 Å². The van der Waals surface area contributed by atoms with Crippen LogP contribution in [-0.2, 0) is 4.79 Å². The third kappa shape index (κ3) is 3.07. The lowest BCUT2D eigenvalue weighted by Crippen LogP contribution is -2.41. The van der Waals surface area contributed by atoms with E-state index >= 15 is 0 Å². The fourth-order valence-corrected chi connectivity index (χ4v) is 2.27. The molecule has 1 aliphatic rings. The standard InChI is InChI=1S/C13H16BrN3O2/c1-16(2)12(18)5-6-17-8-15-11-7-9(14)3-4-10(11)13(17)19/h3-4,7,15H,5-6,8H2,1-2H3. The summed E-state index contributed by atoms with van der Waals surface area (Å²) in [6, 6.07) is 5.51. The smallest absolute Gasteiger partial charge is 0.257 e. The lowest BCUT2D eigenvalue weighted by molar-refractivity contribution is -0.128. The number of nitrogens with zero attached hydrogens (tertiary/aromatic N) is 2. The maximum absolute atomic E-state index is 12.3. The molecule has 6 heteroatoms. The highest BCUT2D eigenvalue weighted by molar-refractivity contribution is 9.10. The van der Waals surface area contributed by atoms with Crippen molar-refractivity contribution in [3.8, 4) is 0 Å². The molecule has 1 aromatic rings. The van der Waals surface area contributed by atoms with Crippen molar-refractivity contribution in [1.29, 1.82) is 0 Å². The number of amides is 2. The van der Waals surface area contributed by atoms with E-state index in [-0.39, 0.29) is 11.8 Å². The first-order chi connectivity index (χ1) is 8.99. The fraction of sp³-hybridized carbons (Fsp3) is 0.385. The number of hydrogen-bond donors (Lipinski definition) is 1. The molecule has 0 unspecified atom stereocenters. The third-order valence-corrected chi connectivity index (χ3v) is 3.55. The molecule has 0 saturated carbocycles. The van der Waals surface area contributed by atoms with E-state index in [0.717, 1.165) is 10.2 Å². The average molecular weight is 326 g/mol. The summed E-state index contributed by atoms with van der Waals surface area (Å²) in [7, 11) is 3.43. The van der Waals surface area contributed by atoms with Crippen molar-refractivity contribution < 1.29 is 9.59 Å². The molecule has 1 heterocycles. The van der Waals surface area contributed by atoms with Crippen LogP contribution < -0.4 is 5.32 Å². The Morgan fingerprint density at radius 1 is 1.47 bits per heavy atom. The second kappa shape index (κ2) is 5.61. The van der Waals surface area contributed by atoms with Crippen molar-refractivity contribution in [2.75, 3.05) is 32.6 Å². The number of nitrogens with one attached hydrogen (secondary N) is 1. The molecule has 0 saturated heterocycles. The van der Waals surface area contributed by atoms with Crippen molar-refractivity contribution in [3.05, 3.63) is 28.2 Å². The van der Waals surface area contributed by atoms with Gasteiger partial charge in [0.05, 0.1) is 12.2 Å². The first kappa shape index (κ1) is 13.9. The molecule has 0 atom stereocenters. The van der Waals surface area contributed by atoms with Gasteiger partial charge in [-0.05, 0) is 18.2 Å². The van der Waals surface area contributed by atoms with E-state index in [4.69, 9.17) is 0 Å². The number of carbonyl (C=O) groups is 2. The van der Waals surface area contributed by atoms with Gasteiger partial charge < -0.3 is 15.1 Å². The van der Waals surface area contributed by atoms with Gasteiger partial charge in [0.25, 0.3) is 5.91 Å². The zero-order valence-electron chi connectivity index (χ0n) is 10.9. The Kier molecular flexibility index (Phi) is 4.09. The number of anilines is 1. The predicted molar refractivity (Wildman–Crippen MR) is 77.0 cm³/mol. The lowest BCUT2D eigenvalue weighted by Gasteiger charge is -2.30. The quantitative estimate of drug-likeness (QED) is 0.921. The van der Waals surface area contributed by atoms with Crippen molar-refractivity contribution in [2.45, 2.75) is 6.42 Å². The Bertz CT molecular complexity index is 517. The van der Waals surface area contributed by atoms with Gasteiger partial charge in [-0.3, -0.25) is 9.59 Å². The summed E-state index contributed by atoms with van der Waals surface area (Å²) >= 11 is 3.38. The summed E-state index contributed by atoms with van der Waals surface area (Å²) in [6.45, 7) is 0.862. The third-order valence-electron chi connectivity index (χ3n) is 3.05. The van der Waals surface area contributed by atoms with Gasteiger partial charge in [-0.15, -0.1) is 0 Å². The maximum Gasteiger partial charge on any atom is 0.257 e. The Morgan fingerprint density at radius 3 is 2.89 bits per heavy atom. The van der Waals surface area contributed by atoms with Gasteiger partial charge in [-0.2, -0.15) is 0 Å².